The Morgan fingerprint density at radius 1 is 1.22 bits per heavy atom. The molecule has 0 aliphatic rings. The molecule has 0 fully saturated rings. The first kappa shape index (κ1) is 18.8. The molecule has 1 aromatic carbocycles. The van der Waals surface area contributed by atoms with Crippen molar-refractivity contribution in [2.24, 2.45) is 5.92 Å². The van der Waals surface area contributed by atoms with E-state index in [1.807, 2.05) is 45.0 Å². The van der Waals surface area contributed by atoms with Gasteiger partial charge in [-0.3, -0.25) is 14.2 Å². The molecule has 3 rings (SSSR count). The zero-order valence-corrected chi connectivity index (χ0v) is 16.0. The smallest absolute Gasteiger partial charge is 0.264 e. The van der Waals surface area contributed by atoms with E-state index in [0.717, 1.165) is 5.56 Å². The summed E-state index contributed by atoms with van der Waals surface area (Å²) < 4.78 is 3.24. The van der Waals surface area contributed by atoms with Gasteiger partial charge in [0.05, 0.1) is 19.3 Å². The third-order valence-corrected chi connectivity index (χ3v) is 4.34. The van der Waals surface area contributed by atoms with E-state index in [4.69, 9.17) is 0 Å². The maximum Gasteiger partial charge on any atom is 0.264 e. The molecule has 3 aromatic rings. The molecule has 1 N–H and O–H groups in total. The van der Waals surface area contributed by atoms with E-state index >= 15 is 0 Å². The highest BCUT2D eigenvalue weighted by atomic mass is 16.1. The molecule has 1 amide bonds. The molecule has 0 saturated carbocycles. The molecule has 2 aromatic heterocycles. The van der Waals surface area contributed by atoms with Crippen LogP contribution in [0.5, 0.6) is 0 Å². The van der Waals surface area contributed by atoms with Crippen LogP contribution in [0.2, 0.25) is 0 Å². The number of hydrogen-bond acceptors (Lipinski definition) is 4. The average molecular weight is 367 g/mol. The van der Waals surface area contributed by atoms with Gasteiger partial charge in [0, 0.05) is 13.0 Å². The van der Waals surface area contributed by atoms with E-state index in [1.54, 1.807) is 21.8 Å². The molecule has 0 aliphatic carbocycles. The summed E-state index contributed by atoms with van der Waals surface area (Å²) in [6.07, 6.45) is 3.61. The summed E-state index contributed by atoms with van der Waals surface area (Å²) in [5.41, 5.74) is 2.65. The van der Waals surface area contributed by atoms with Gasteiger partial charge in [0.15, 0.2) is 5.65 Å². The van der Waals surface area contributed by atoms with Gasteiger partial charge < -0.3 is 5.32 Å². The Bertz CT molecular complexity index is 986. The first-order chi connectivity index (χ1) is 12.9. The van der Waals surface area contributed by atoms with Crippen molar-refractivity contribution in [1.29, 1.82) is 0 Å². The second-order valence-electron chi connectivity index (χ2n) is 7.22. The van der Waals surface area contributed by atoms with Gasteiger partial charge in [0.2, 0.25) is 5.91 Å². The van der Waals surface area contributed by atoms with Crippen LogP contribution in [0.3, 0.4) is 0 Å². The molecule has 0 bridgehead atoms. The summed E-state index contributed by atoms with van der Waals surface area (Å²) in [6, 6.07) is 8.07. The maximum absolute atomic E-state index is 12.7. The summed E-state index contributed by atoms with van der Waals surface area (Å²) in [5, 5.41) is 7.62. The zero-order chi connectivity index (χ0) is 19.4. The van der Waals surface area contributed by atoms with Crippen molar-refractivity contribution in [3.63, 3.8) is 0 Å². The molecule has 0 aliphatic heterocycles. The molecule has 7 nitrogen and oxygen atoms in total. The highest BCUT2D eigenvalue weighted by Gasteiger charge is 2.11. The highest BCUT2D eigenvalue weighted by Crippen LogP contribution is 2.08. The lowest BCUT2D eigenvalue weighted by Crippen LogP contribution is -2.28. The van der Waals surface area contributed by atoms with Crippen LogP contribution >= 0.6 is 0 Å². The van der Waals surface area contributed by atoms with Crippen LogP contribution in [0.1, 0.15) is 31.4 Å². The molecule has 0 radical (unpaired) electrons. The SMILES string of the molecule is Cc1ccc(Cn2cnc3c(cnn3CCNC(=O)CC(C)C)c2=O)cc1. The molecular weight excluding hydrogens is 342 g/mol. The van der Waals surface area contributed by atoms with Crippen molar-refractivity contribution >= 4 is 16.9 Å². The lowest BCUT2D eigenvalue weighted by Gasteiger charge is -2.08. The maximum atomic E-state index is 12.7. The second kappa shape index (κ2) is 8.16. The molecular formula is C20H25N5O2. The number of aromatic nitrogens is 4. The Kier molecular flexibility index (Phi) is 5.69. The molecule has 2 heterocycles. The predicted octanol–water partition coefficient (Wildman–Crippen LogP) is 2.11. The van der Waals surface area contributed by atoms with Gasteiger partial charge in [-0.1, -0.05) is 43.7 Å². The minimum absolute atomic E-state index is 0.0230. The number of carbonyl (C=O) groups is 1. The monoisotopic (exact) mass is 367 g/mol. The predicted molar refractivity (Wildman–Crippen MR) is 105 cm³/mol. The van der Waals surface area contributed by atoms with Crippen LogP contribution < -0.4 is 10.9 Å². The number of aryl methyl sites for hydroxylation is 1. The molecule has 27 heavy (non-hydrogen) atoms. The largest absolute Gasteiger partial charge is 0.354 e. The average Bonchev–Trinajstić information content (AvgIpc) is 3.02. The Labute approximate surface area is 158 Å². The quantitative estimate of drug-likeness (QED) is 0.693. The fourth-order valence-electron chi connectivity index (χ4n) is 2.91. The Balaban J connectivity index is 1.71. The normalized spacial score (nSPS) is 11.3. The fraction of sp³-hybridized carbons (Fsp3) is 0.400. The van der Waals surface area contributed by atoms with E-state index in [2.05, 4.69) is 15.4 Å². The Hall–Kier alpha value is -2.96. The molecule has 0 saturated heterocycles. The van der Waals surface area contributed by atoms with E-state index in [-0.39, 0.29) is 11.5 Å². The molecule has 142 valence electrons. The molecule has 0 unspecified atom stereocenters. The number of nitrogens with one attached hydrogen (secondary N) is 1. The van der Waals surface area contributed by atoms with Gasteiger partial charge in [-0.25, -0.2) is 9.67 Å². The minimum Gasteiger partial charge on any atom is -0.354 e. The second-order valence-corrected chi connectivity index (χ2v) is 7.22. The summed E-state index contributed by atoms with van der Waals surface area (Å²) in [7, 11) is 0. The van der Waals surface area contributed by atoms with E-state index in [0.29, 0.717) is 43.0 Å². The zero-order valence-electron chi connectivity index (χ0n) is 16.0. The van der Waals surface area contributed by atoms with E-state index < -0.39 is 0 Å². The number of hydrogen-bond donors (Lipinski definition) is 1. The van der Waals surface area contributed by atoms with Crippen LogP contribution in [0.4, 0.5) is 0 Å². The summed E-state index contributed by atoms with van der Waals surface area (Å²) >= 11 is 0. The third-order valence-electron chi connectivity index (χ3n) is 4.34. The van der Waals surface area contributed by atoms with Crippen LogP contribution in [0.25, 0.3) is 11.0 Å². The Morgan fingerprint density at radius 3 is 2.67 bits per heavy atom. The number of rotatable bonds is 7. The van der Waals surface area contributed by atoms with Crippen molar-refractivity contribution in [1.82, 2.24) is 24.6 Å². The molecule has 0 spiro atoms. The van der Waals surface area contributed by atoms with Gasteiger partial charge in [-0.15, -0.1) is 0 Å². The summed E-state index contributed by atoms with van der Waals surface area (Å²) in [4.78, 5) is 28.9. The van der Waals surface area contributed by atoms with Gasteiger partial charge in [-0.2, -0.15) is 5.10 Å². The first-order valence-corrected chi connectivity index (χ1v) is 9.17. The number of amides is 1. The van der Waals surface area contributed by atoms with E-state index in [9.17, 15) is 9.59 Å². The van der Waals surface area contributed by atoms with Crippen molar-refractivity contribution in [3.8, 4) is 0 Å². The number of fused-ring (bicyclic) bond motifs is 1. The topological polar surface area (TPSA) is 81.8 Å². The fourth-order valence-corrected chi connectivity index (χ4v) is 2.91. The van der Waals surface area contributed by atoms with Crippen molar-refractivity contribution in [2.75, 3.05) is 6.54 Å². The number of nitrogens with zero attached hydrogens (tertiary/aromatic N) is 4. The standard InChI is InChI=1S/C20H25N5O2/c1-14(2)10-18(26)21-8-9-25-19-17(11-23-25)20(27)24(13-22-19)12-16-6-4-15(3)5-7-16/h4-7,11,13-14H,8-10,12H2,1-3H3,(H,21,26). The van der Waals surface area contributed by atoms with Gasteiger partial charge in [0.1, 0.15) is 11.7 Å². The lowest BCUT2D eigenvalue weighted by molar-refractivity contribution is -0.121. The van der Waals surface area contributed by atoms with Crippen molar-refractivity contribution in [2.45, 2.75) is 40.3 Å². The Morgan fingerprint density at radius 2 is 1.96 bits per heavy atom. The minimum atomic E-state index is -0.115. The van der Waals surface area contributed by atoms with Gasteiger partial charge in [-0.05, 0) is 18.4 Å². The van der Waals surface area contributed by atoms with Crippen LogP contribution in [-0.2, 0) is 17.9 Å². The van der Waals surface area contributed by atoms with Crippen LogP contribution in [0.15, 0.2) is 41.6 Å². The summed E-state index contributed by atoms with van der Waals surface area (Å²) in [6.45, 7) is 7.44. The third kappa shape index (κ3) is 4.61. The van der Waals surface area contributed by atoms with Crippen LogP contribution in [-0.4, -0.2) is 31.8 Å². The highest BCUT2D eigenvalue weighted by molar-refractivity contribution is 5.76. The molecule has 0 atom stereocenters. The lowest BCUT2D eigenvalue weighted by atomic mass is 10.1. The van der Waals surface area contributed by atoms with Crippen molar-refractivity contribution in [3.05, 3.63) is 58.3 Å². The van der Waals surface area contributed by atoms with Gasteiger partial charge >= 0.3 is 0 Å². The van der Waals surface area contributed by atoms with Crippen LogP contribution in [0, 0.1) is 12.8 Å². The van der Waals surface area contributed by atoms with Gasteiger partial charge in [0.25, 0.3) is 5.56 Å². The first-order valence-electron chi connectivity index (χ1n) is 9.17. The number of benzene rings is 1. The van der Waals surface area contributed by atoms with Crippen molar-refractivity contribution < 1.29 is 4.79 Å². The summed E-state index contributed by atoms with van der Waals surface area (Å²) in [5.74, 6) is 0.346. The van der Waals surface area contributed by atoms with E-state index in [1.165, 1.54) is 5.56 Å². The molecule has 7 heteroatoms. The number of carbonyl (C=O) groups excluding carboxylic acids is 1.